The monoisotopic (exact) mass is 322 g/mol. The van der Waals surface area contributed by atoms with Crippen molar-refractivity contribution in [3.63, 3.8) is 0 Å². The Kier molecular flexibility index (Phi) is 4.39. The fraction of sp³-hybridized carbons (Fsp3) is 0.0769. The van der Waals surface area contributed by atoms with Crippen molar-refractivity contribution in [2.45, 2.75) is 6.92 Å². The van der Waals surface area contributed by atoms with Crippen LogP contribution in [0, 0.1) is 0 Å². The van der Waals surface area contributed by atoms with Crippen LogP contribution in [-0.2, 0) is 9.59 Å². The molecule has 8 heteroatoms. The molecule has 108 valence electrons. The van der Waals surface area contributed by atoms with Gasteiger partial charge in [-0.15, -0.1) is 0 Å². The van der Waals surface area contributed by atoms with Gasteiger partial charge in [0.25, 0.3) is 5.91 Å². The predicted molar refractivity (Wildman–Crippen MR) is 82.2 cm³/mol. The molecule has 1 fully saturated rings. The van der Waals surface area contributed by atoms with Crippen LogP contribution in [0.1, 0.15) is 22.8 Å². The van der Waals surface area contributed by atoms with E-state index in [9.17, 15) is 14.4 Å². The average molecular weight is 322 g/mol. The van der Waals surface area contributed by atoms with Gasteiger partial charge < -0.3 is 5.11 Å². The fourth-order valence-electron chi connectivity index (χ4n) is 1.68. The number of hydrogen-bond acceptors (Lipinski definition) is 5. The zero-order chi connectivity index (χ0) is 15.6. The van der Waals surface area contributed by atoms with Gasteiger partial charge >= 0.3 is 5.97 Å². The Balaban J connectivity index is 2.35. The minimum Gasteiger partial charge on any atom is -0.478 e. The molecule has 1 aliphatic rings. The molecule has 1 aromatic rings. The van der Waals surface area contributed by atoms with E-state index in [-0.39, 0.29) is 14.8 Å². The van der Waals surface area contributed by atoms with Crippen LogP contribution in [-0.4, -0.2) is 32.2 Å². The van der Waals surface area contributed by atoms with Crippen LogP contribution >= 0.6 is 24.0 Å². The highest BCUT2D eigenvalue weighted by Gasteiger charge is 2.33. The molecule has 0 radical (unpaired) electrons. The first kappa shape index (κ1) is 15.2. The van der Waals surface area contributed by atoms with Crippen LogP contribution in [0.2, 0.25) is 0 Å². The molecule has 0 unspecified atom stereocenters. The number of thiocarbonyl (C=S) groups is 1. The number of nitrogens with one attached hydrogen (secondary N) is 1. The van der Waals surface area contributed by atoms with E-state index in [2.05, 4.69) is 5.43 Å². The largest absolute Gasteiger partial charge is 0.478 e. The van der Waals surface area contributed by atoms with Crippen LogP contribution in [0.3, 0.4) is 0 Å². The molecule has 2 rings (SSSR count). The molecular weight excluding hydrogens is 312 g/mol. The number of amides is 2. The van der Waals surface area contributed by atoms with Crippen molar-refractivity contribution >= 4 is 52.2 Å². The lowest BCUT2D eigenvalue weighted by molar-refractivity contribution is -0.131. The molecule has 0 aliphatic carbocycles. The second kappa shape index (κ2) is 6.06. The summed E-state index contributed by atoms with van der Waals surface area (Å²) >= 11 is 6.01. The summed E-state index contributed by atoms with van der Waals surface area (Å²) in [6, 6.07) is 6.31. The molecule has 0 spiro atoms. The molecule has 0 saturated carbocycles. The average Bonchev–Trinajstić information content (AvgIpc) is 2.66. The number of hydrazine groups is 1. The molecule has 1 heterocycles. The summed E-state index contributed by atoms with van der Waals surface area (Å²) in [6.45, 7) is 1.27. The molecule has 1 aliphatic heterocycles. The SMILES string of the molecule is CC(=O)NN1C(=O)C(=Cc2ccccc2C(=O)O)SC1=S. The smallest absolute Gasteiger partial charge is 0.336 e. The Bertz CT molecular complexity index is 685. The number of thioether (sulfide) groups is 1. The van der Waals surface area contributed by atoms with E-state index in [1.54, 1.807) is 18.2 Å². The summed E-state index contributed by atoms with van der Waals surface area (Å²) in [4.78, 5) is 34.5. The van der Waals surface area contributed by atoms with E-state index in [4.69, 9.17) is 17.3 Å². The first-order valence-electron chi connectivity index (χ1n) is 5.77. The zero-order valence-corrected chi connectivity index (χ0v) is 12.5. The second-order valence-corrected chi connectivity index (χ2v) is 5.75. The molecular formula is C13H10N2O4S2. The third kappa shape index (κ3) is 3.29. The first-order chi connectivity index (χ1) is 9.90. The standard InChI is InChI=1S/C13H10N2O4S2/c1-7(16)14-15-11(17)10(21-13(15)20)6-8-4-2-3-5-9(8)12(18)19/h2-6H,1H3,(H,14,16)(H,18,19). The van der Waals surface area contributed by atoms with E-state index < -0.39 is 17.8 Å². The topological polar surface area (TPSA) is 86.7 Å². The number of carbonyl (C=O) groups excluding carboxylic acids is 2. The van der Waals surface area contributed by atoms with Crippen molar-refractivity contribution in [2.24, 2.45) is 0 Å². The molecule has 0 atom stereocenters. The van der Waals surface area contributed by atoms with E-state index in [1.807, 2.05) is 0 Å². The van der Waals surface area contributed by atoms with Gasteiger partial charge in [-0.25, -0.2) is 4.79 Å². The Hall–Kier alpha value is -2.19. The third-order valence-corrected chi connectivity index (χ3v) is 3.84. The summed E-state index contributed by atoms with van der Waals surface area (Å²) in [5.74, 6) is -1.99. The number of carboxylic acids is 1. The van der Waals surface area contributed by atoms with Crippen molar-refractivity contribution in [2.75, 3.05) is 0 Å². The third-order valence-electron chi connectivity index (χ3n) is 2.54. The molecule has 2 N–H and O–H groups in total. The lowest BCUT2D eigenvalue weighted by atomic mass is 10.1. The van der Waals surface area contributed by atoms with Crippen LogP contribution in [0.25, 0.3) is 6.08 Å². The van der Waals surface area contributed by atoms with Crippen LogP contribution in [0.5, 0.6) is 0 Å². The fourth-order valence-corrected chi connectivity index (χ4v) is 2.85. The van der Waals surface area contributed by atoms with Gasteiger partial charge in [0.05, 0.1) is 10.5 Å². The number of hydrogen-bond donors (Lipinski definition) is 2. The van der Waals surface area contributed by atoms with Gasteiger partial charge in [0, 0.05) is 6.92 Å². The minimum atomic E-state index is -1.08. The van der Waals surface area contributed by atoms with Crippen LogP contribution in [0.4, 0.5) is 0 Å². The molecule has 21 heavy (non-hydrogen) atoms. The lowest BCUT2D eigenvalue weighted by Crippen LogP contribution is -2.43. The van der Waals surface area contributed by atoms with Gasteiger partial charge in [-0.2, -0.15) is 5.01 Å². The van der Waals surface area contributed by atoms with Gasteiger partial charge in [0.15, 0.2) is 4.32 Å². The number of rotatable bonds is 3. The Morgan fingerprint density at radius 3 is 2.67 bits per heavy atom. The highest BCUT2D eigenvalue weighted by Crippen LogP contribution is 2.31. The number of nitrogens with zero attached hydrogens (tertiary/aromatic N) is 1. The highest BCUT2D eigenvalue weighted by atomic mass is 32.2. The van der Waals surface area contributed by atoms with Crippen molar-refractivity contribution in [1.82, 2.24) is 10.4 Å². The first-order valence-corrected chi connectivity index (χ1v) is 7.00. The van der Waals surface area contributed by atoms with E-state index in [0.717, 1.165) is 16.8 Å². The molecule has 0 bridgehead atoms. The van der Waals surface area contributed by atoms with Crippen LogP contribution < -0.4 is 5.43 Å². The Morgan fingerprint density at radius 1 is 1.38 bits per heavy atom. The van der Waals surface area contributed by atoms with Crippen molar-refractivity contribution in [1.29, 1.82) is 0 Å². The quantitative estimate of drug-likeness (QED) is 0.650. The molecule has 1 aromatic carbocycles. The lowest BCUT2D eigenvalue weighted by Gasteiger charge is -2.13. The maximum atomic E-state index is 12.1. The Labute approximate surface area is 129 Å². The van der Waals surface area contributed by atoms with Crippen molar-refractivity contribution in [3.05, 3.63) is 40.3 Å². The summed E-state index contributed by atoms with van der Waals surface area (Å²) in [5.41, 5.74) is 2.80. The van der Waals surface area contributed by atoms with Gasteiger partial charge in [0.2, 0.25) is 5.91 Å². The van der Waals surface area contributed by atoms with Gasteiger partial charge in [-0.1, -0.05) is 30.0 Å². The second-order valence-electron chi connectivity index (χ2n) is 4.08. The van der Waals surface area contributed by atoms with E-state index in [1.165, 1.54) is 19.1 Å². The number of benzene rings is 1. The minimum absolute atomic E-state index is 0.0855. The number of carboxylic acid groups (broad SMARTS) is 1. The summed E-state index contributed by atoms with van der Waals surface area (Å²) in [6.07, 6.45) is 1.45. The molecule has 1 saturated heterocycles. The molecule has 0 aromatic heterocycles. The normalized spacial score (nSPS) is 16.4. The molecule has 6 nitrogen and oxygen atoms in total. The maximum absolute atomic E-state index is 12.1. The molecule has 2 amide bonds. The van der Waals surface area contributed by atoms with E-state index >= 15 is 0 Å². The Morgan fingerprint density at radius 2 is 2.05 bits per heavy atom. The summed E-state index contributed by atoms with van der Waals surface area (Å²) in [5, 5.41) is 10.1. The predicted octanol–water partition coefficient (Wildman–Crippen LogP) is 1.64. The van der Waals surface area contributed by atoms with Gasteiger partial charge in [0.1, 0.15) is 0 Å². The maximum Gasteiger partial charge on any atom is 0.336 e. The van der Waals surface area contributed by atoms with Crippen molar-refractivity contribution in [3.8, 4) is 0 Å². The van der Waals surface area contributed by atoms with E-state index in [0.29, 0.717) is 5.56 Å². The summed E-state index contributed by atoms with van der Waals surface area (Å²) in [7, 11) is 0. The van der Waals surface area contributed by atoms with Gasteiger partial charge in [-0.05, 0) is 29.9 Å². The zero-order valence-electron chi connectivity index (χ0n) is 10.8. The van der Waals surface area contributed by atoms with Crippen molar-refractivity contribution < 1.29 is 19.5 Å². The highest BCUT2D eigenvalue weighted by molar-refractivity contribution is 8.26. The summed E-state index contributed by atoms with van der Waals surface area (Å²) < 4.78 is 0.189. The number of aromatic carboxylic acids is 1. The van der Waals surface area contributed by atoms with Crippen LogP contribution in [0.15, 0.2) is 29.2 Å². The number of carbonyl (C=O) groups is 3. The van der Waals surface area contributed by atoms with Gasteiger partial charge in [-0.3, -0.25) is 15.0 Å².